The summed E-state index contributed by atoms with van der Waals surface area (Å²) in [5.41, 5.74) is 0.539. The van der Waals surface area contributed by atoms with Gasteiger partial charge in [-0.3, -0.25) is 0 Å². The third-order valence-corrected chi connectivity index (χ3v) is 4.10. The van der Waals surface area contributed by atoms with Crippen molar-refractivity contribution in [2.75, 3.05) is 72.7 Å². The van der Waals surface area contributed by atoms with Gasteiger partial charge in [-0.25, -0.2) is 4.79 Å². The van der Waals surface area contributed by atoms with Crippen molar-refractivity contribution in [1.29, 1.82) is 0 Å². The van der Waals surface area contributed by atoms with Crippen LogP contribution in [0.4, 0.5) is 0 Å². The second-order valence-corrected chi connectivity index (χ2v) is 6.62. The van der Waals surface area contributed by atoms with E-state index in [1.54, 1.807) is 24.3 Å². The molecule has 1 aromatic carbocycles. The number of unbranched alkanes of at least 4 members (excludes halogenated alkanes) is 3. The summed E-state index contributed by atoms with van der Waals surface area (Å²) in [6, 6.07) is 8.89. The molecule has 7 heteroatoms. The molecule has 7 nitrogen and oxygen atoms in total. The van der Waals surface area contributed by atoms with Crippen molar-refractivity contribution in [2.24, 2.45) is 0 Å². The predicted molar refractivity (Wildman–Crippen MR) is 115 cm³/mol. The SMILES string of the molecule is CCCCCCOCCOCCOCCOCCOCCOC(=O)c1ccccc1. The maximum atomic E-state index is 11.7. The zero-order valence-electron chi connectivity index (χ0n) is 18.4. The zero-order chi connectivity index (χ0) is 21.5. The molecule has 30 heavy (non-hydrogen) atoms. The molecule has 0 radical (unpaired) electrons. The fourth-order valence-corrected chi connectivity index (χ4v) is 2.46. The Balaban J connectivity index is 1.71. The molecule has 0 aliphatic rings. The van der Waals surface area contributed by atoms with Crippen LogP contribution >= 0.6 is 0 Å². The van der Waals surface area contributed by atoms with E-state index < -0.39 is 0 Å². The molecule has 0 spiro atoms. The van der Waals surface area contributed by atoms with Crippen LogP contribution in [-0.4, -0.2) is 78.6 Å². The highest BCUT2D eigenvalue weighted by molar-refractivity contribution is 5.89. The second kappa shape index (κ2) is 20.8. The number of rotatable bonds is 21. The van der Waals surface area contributed by atoms with Gasteiger partial charge in [0, 0.05) is 6.61 Å². The van der Waals surface area contributed by atoms with Crippen LogP contribution in [0.2, 0.25) is 0 Å². The first-order valence-corrected chi connectivity index (χ1v) is 11.0. The maximum absolute atomic E-state index is 11.7. The number of ether oxygens (including phenoxy) is 6. The average molecular weight is 427 g/mol. The Bertz CT molecular complexity index is 496. The highest BCUT2D eigenvalue weighted by atomic mass is 16.6. The first-order chi connectivity index (χ1) is 14.8. The third kappa shape index (κ3) is 16.3. The molecule has 0 saturated heterocycles. The summed E-state index contributed by atoms with van der Waals surface area (Å²) in [5, 5.41) is 0. The van der Waals surface area contributed by atoms with Gasteiger partial charge in [-0.1, -0.05) is 44.4 Å². The van der Waals surface area contributed by atoms with E-state index in [0.717, 1.165) is 13.0 Å². The third-order valence-electron chi connectivity index (χ3n) is 4.10. The van der Waals surface area contributed by atoms with Crippen molar-refractivity contribution >= 4 is 5.97 Å². The molecule has 0 aliphatic carbocycles. The topological polar surface area (TPSA) is 72.5 Å². The Labute approximate surface area is 180 Å². The number of hydrogen-bond donors (Lipinski definition) is 0. The van der Waals surface area contributed by atoms with Crippen LogP contribution < -0.4 is 0 Å². The van der Waals surface area contributed by atoms with Crippen molar-refractivity contribution in [3.63, 3.8) is 0 Å². The molecule has 0 atom stereocenters. The quantitative estimate of drug-likeness (QED) is 0.220. The molecule has 0 unspecified atom stereocenters. The van der Waals surface area contributed by atoms with Crippen LogP contribution in [0, 0.1) is 0 Å². The molecular formula is C23H38O7. The first-order valence-electron chi connectivity index (χ1n) is 11.0. The van der Waals surface area contributed by atoms with Gasteiger partial charge in [-0.2, -0.15) is 0 Å². The monoisotopic (exact) mass is 426 g/mol. The Hall–Kier alpha value is -1.51. The van der Waals surface area contributed by atoms with Crippen LogP contribution in [-0.2, 0) is 28.4 Å². The van der Waals surface area contributed by atoms with E-state index in [1.165, 1.54) is 19.3 Å². The second-order valence-electron chi connectivity index (χ2n) is 6.62. The summed E-state index contributed by atoms with van der Waals surface area (Å²) in [6.07, 6.45) is 4.89. The summed E-state index contributed by atoms with van der Waals surface area (Å²) < 4.78 is 32.3. The van der Waals surface area contributed by atoms with E-state index in [9.17, 15) is 4.79 Å². The molecule has 0 aromatic heterocycles. The highest BCUT2D eigenvalue weighted by Gasteiger charge is 2.04. The van der Waals surface area contributed by atoms with Crippen LogP contribution in [0.5, 0.6) is 0 Å². The lowest BCUT2D eigenvalue weighted by molar-refractivity contribution is -0.0153. The van der Waals surface area contributed by atoms with Gasteiger partial charge in [-0.15, -0.1) is 0 Å². The van der Waals surface area contributed by atoms with Crippen LogP contribution in [0.15, 0.2) is 30.3 Å². The summed E-state index contributed by atoms with van der Waals surface area (Å²) in [4.78, 5) is 11.7. The van der Waals surface area contributed by atoms with Crippen LogP contribution in [0.25, 0.3) is 0 Å². The van der Waals surface area contributed by atoms with Gasteiger partial charge < -0.3 is 28.4 Å². The molecule has 0 bridgehead atoms. The summed E-state index contributed by atoms with van der Waals surface area (Å²) in [6.45, 7) is 7.89. The van der Waals surface area contributed by atoms with Gasteiger partial charge in [-0.05, 0) is 18.6 Å². The molecular weight excluding hydrogens is 388 g/mol. The minimum absolute atomic E-state index is 0.223. The Morgan fingerprint density at radius 3 is 1.57 bits per heavy atom. The molecule has 0 saturated carbocycles. The van der Waals surface area contributed by atoms with Gasteiger partial charge >= 0.3 is 5.97 Å². The number of benzene rings is 1. The van der Waals surface area contributed by atoms with Gasteiger partial charge in [0.05, 0.1) is 65.0 Å². The van der Waals surface area contributed by atoms with E-state index in [2.05, 4.69) is 6.92 Å². The fourth-order valence-electron chi connectivity index (χ4n) is 2.46. The highest BCUT2D eigenvalue weighted by Crippen LogP contribution is 2.01. The van der Waals surface area contributed by atoms with Crippen molar-refractivity contribution < 1.29 is 33.2 Å². The summed E-state index contributed by atoms with van der Waals surface area (Å²) >= 11 is 0. The average Bonchev–Trinajstić information content (AvgIpc) is 2.78. The van der Waals surface area contributed by atoms with E-state index in [1.807, 2.05) is 6.07 Å². The van der Waals surface area contributed by atoms with Gasteiger partial charge in [0.1, 0.15) is 6.61 Å². The van der Waals surface area contributed by atoms with Crippen LogP contribution in [0.1, 0.15) is 43.0 Å². The summed E-state index contributed by atoms with van der Waals surface area (Å²) in [5.74, 6) is -0.341. The minimum atomic E-state index is -0.341. The predicted octanol–water partition coefficient (Wildman–Crippen LogP) is 3.51. The lowest BCUT2D eigenvalue weighted by atomic mass is 10.2. The van der Waals surface area contributed by atoms with E-state index >= 15 is 0 Å². The lowest BCUT2D eigenvalue weighted by Gasteiger charge is -2.08. The van der Waals surface area contributed by atoms with Crippen molar-refractivity contribution in [1.82, 2.24) is 0 Å². The van der Waals surface area contributed by atoms with Crippen molar-refractivity contribution in [3.8, 4) is 0 Å². The minimum Gasteiger partial charge on any atom is -0.460 e. The number of carbonyl (C=O) groups is 1. The normalized spacial score (nSPS) is 11.0. The maximum Gasteiger partial charge on any atom is 0.338 e. The van der Waals surface area contributed by atoms with Gasteiger partial charge in [0.15, 0.2) is 0 Å². The molecule has 0 heterocycles. The molecule has 0 N–H and O–H groups in total. The summed E-state index contributed by atoms with van der Waals surface area (Å²) in [7, 11) is 0. The van der Waals surface area contributed by atoms with E-state index in [-0.39, 0.29) is 12.6 Å². The molecule has 1 aromatic rings. The van der Waals surface area contributed by atoms with Crippen molar-refractivity contribution in [3.05, 3.63) is 35.9 Å². The van der Waals surface area contributed by atoms with Crippen LogP contribution in [0.3, 0.4) is 0 Å². The molecule has 0 aliphatic heterocycles. The zero-order valence-corrected chi connectivity index (χ0v) is 18.4. The number of esters is 1. The lowest BCUT2D eigenvalue weighted by Crippen LogP contribution is -2.15. The van der Waals surface area contributed by atoms with Crippen molar-refractivity contribution in [2.45, 2.75) is 32.6 Å². The molecule has 0 fully saturated rings. The Morgan fingerprint density at radius 1 is 0.600 bits per heavy atom. The molecule has 0 amide bonds. The molecule has 1 rings (SSSR count). The fraction of sp³-hybridized carbons (Fsp3) is 0.696. The standard InChI is InChI=1S/C23H38O7/c1-2-3-4-8-11-25-12-13-26-14-15-27-16-17-28-18-19-29-20-21-30-23(24)22-9-6-5-7-10-22/h5-7,9-10H,2-4,8,11-21H2,1H3. The number of carbonyl (C=O) groups excluding carboxylic acids is 1. The Morgan fingerprint density at radius 2 is 1.07 bits per heavy atom. The number of hydrogen-bond acceptors (Lipinski definition) is 7. The van der Waals surface area contributed by atoms with E-state index in [0.29, 0.717) is 65.0 Å². The van der Waals surface area contributed by atoms with Gasteiger partial charge in [0.25, 0.3) is 0 Å². The Kier molecular flexibility index (Phi) is 18.3. The first kappa shape index (κ1) is 26.5. The van der Waals surface area contributed by atoms with E-state index in [4.69, 9.17) is 28.4 Å². The molecule has 172 valence electrons. The van der Waals surface area contributed by atoms with Gasteiger partial charge in [0.2, 0.25) is 0 Å². The smallest absolute Gasteiger partial charge is 0.338 e. The largest absolute Gasteiger partial charge is 0.460 e.